The SMILES string of the molecule is COC[C@@H]1[C@@H](C2CCC(C3CCCC(C)C3C)CC2)C2CN(S(=O)(=O)N3CCN(C)CC3)CCCCN21. The Kier molecular flexibility index (Phi) is 9.24. The Hall–Kier alpha value is -0.250. The van der Waals surface area contributed by atoms with Crippen molar-refractivity contribution in [3.63, 3.8) is 0 Å². The van der Waals surface area contributed by atoms with E-state index in [2.05, 4.69) is 30.7 Å². The summed E-state index contributed by atoms with van der Waals surface area (Å²) in [6, 6.07) is 0.800. The Morgan fingerprint density at radius 1 is 0.784 bits per heavy atom. The fraction of sp³-hybridized carbons (Fsp3) is 1.00. The molecule has 0 spiro atoms. The van der Waals surface area contributed by atoms with Gasteiger partial charge < -0.3 is 9.64 Å². The molecule has 2 saturated carbocycles. The number of fused-ring (bicyclic) bond motifs is 1. The van der Waals surface area contributed by atoms with Crippen LogP contribution in [0.5, 0.6) is 0 Å². The van der Waals surface area contributed by atoms with Crippen molar-refractivity contribution in [3.8, 4) is 0 Å². The van der Waals surface area contributed by atoms with Gasteiger partial charge in [0, 0.05) is 58.5 Å². The first kappa shape index (κ1) is 28.3. The van der Waals surface area contributed by atoms with Crippen LogP contribution >= 0.6 is 0 Å². The zero-order chi connectivity index (χ0) is 26.2. The molecule has 5 fully saturated rings. The molecule has 3 saturated heterocycles. The molecule has 0 aromatic rings. The van der Waals surface area contributed by atoms with Crippen molar-refractivity contribution in [1.82, 2.24) is 18.4 Å². The van der Waals surface area contributed by atoms with Crippen molar-refractivity contribution >= 4 is 10.2 Å². The van der Waals surface area contributed by atoms with Crippen molar-refractivity contribution in [2.24, 2.45) is 35.5 Å². The van der Waals surface area contributed by atoms with E-state index in [1.807, 2.05) is 11.4 Å². The van der Waals surface area contributed by atoms with Crippen LogP contribution in [0.25, 0.3) is 0 Å². The van der Waals surface area contributed by atoms with Gasteiger partial charge in [0.15, 0.2) is 0 Å². The van der Waals surface area contributed by atoms with E-state index in [1.54, 1.807) is 4.31 Å². The van der Waals surface area contributed by atoms with E-state index in [1.165, 1.54) is 44.9 Å². The molecular formula is C29H54N4O3S. The van der Waals surface area contributed by atoms with E-state index in [-0.39, 0.29) is 0 Å². The van der Waals surface area contributed by atoms with Crippen LogP contribution in [0.4, 0.5) is 0 Å². The fourth-order valence-corrected chi connectivity index (χ4v) is 10.6. The lowest BCUT2D eigenvalue weighted by atomic mass is 9.60. The van der Waals surface area contributed by atoms with Gasteiger partial charge in [0.1, 0.15) is 0 Å². The summed E-state index contributed by atoms with van der Waals surface area (Å²) in [5.41, 5.74) is 0. The van der Waals surface area contributed by atoms with Gasteiger partial charge in [-0.05, 0) is 94.0 Å². The highest BCUT2D eigenvalue weighted by Gasteiger charge is 2.53. The third kappa shape index (κ3) is 5.81. The summed E-state index contributed by atoms with van der Waals surface area (Å²) in [5, 5.41) is 0. The quantitative estimate of drug-likeness (QED) is 0.515. The summed E-state index contributed by atoms with van der Waals surface area (Å²) in [5.74, 6) is 4.84. The minimum absolute atomic E-state index is 0.345. The number of methoxy groups -OCH3 is 1. The molecule has 6 atom stereocenters. The lowest BCUT2D eigenvalue weighted by Gasteiger charge is -2.60. The molecule has 0 aromatic heterocycles. The van der Waals surface area contributed by atoms with E-state index < -0.39 is 10.2 Å². The standard InChI is InChI=1S/C29H54N4O3S/c1-22-8-7-9-26(23(22)2)24-10-12-25(13-11-24)29-27-20-32(14-5-6-15-33(27)28(29)21-36-4)37(34,35)31-18-16-30(3)17-19-31/h22-29H,5-21H2,1-4H3/t22?,23?,24?,25?,26?,27?,28-,29+/m1/s1. The summed E-state index contributed by atoms with van der Waals surface area (Å²) in [6.45, 7) is 11.1. The van der Waals surface area contributed by atoms with Gasteiger partial charge >= 0.3 is 0 Å². The Morgan fingerprint density at radius 2 is 1.46 bits per heavy atom. The first-order valence-corrected chi connectivity index (χ1v) is 16.9. The second-order valence-electron chi connectivity index (χ2n) is 13.3. The molecule has 5 rings (SSSR count). The summed E-state index contributed by atoms with van der Waals surface area (Å²) in [7, 11) is 0.508. The highest BCUT2D eigenvalue weighted by molar-refractivity contribution is 7.86. The first-order valence-electron chi connectivity index (χ1n) is 15.5. The highest BCUT2D eigenvalue weighted by atomic mass is 32.2. The highest BCUT2D eigenvalue weighted by Crippen LogP contribution is 2.50. The van der Waals surface area contributed by atoms with Crippen LogP contribution in [-0.2, 0) is 14.9 Å². The number of hydrogen-bond donors (Lipinski definition) is 0. The molecule has 3 aliphatic heterocycles. The molecule has 4 unspecified atom stereocenters. The molecule has 5 aliphatic rings. The summed E-state index contributed by atoms with van der Waals surface area (Å²) in [4.78, 5) is 4.85. The number of ether oxygens (including phenoxy) is 1. The predicted octanol–water partition coefficient (Wildman–Crippen LogP) is 3.77. The number of likely N-dealkylation sites (N-methyl/N-ethyl adjacent to an activating group) is 1. The molecule has 7 nitrogen and oxygen atoms in total. The average molecular weight is 539 g/mol. The summed E-state index contributed by atoms with van der Waals surface area (Å²) >= 11 is 0. The van der Waals surface area contributed by atoms with Crippen LogP contribution in [0.3, 0.4) is 0 Å². The maximum absolute atomic E-state index is 13.7. The summed E-state index contributed by atoms with van der Waals surface area (Å²) < 4.78 is 36.8. The average Bonchev–Trinajstić information content (AvgIpc) is 2.87. The molecule has 214 valence electrons. The van der Waals surface area contributed by atoms with Crippen LogP contribution in [0.15, 0.2) is 0 Å². The van der Waals surface area contributed by atoms with Crippen LogP contribution in [0.2, 0.25) is 0 Å². The van der Waals surface area contributed by atoms with E-state index in [4.69, 9.17) is 4.74 Å². The van der Waals surface area contributed by atoms with Crippen molar-refractivity contribution in [3.05, 3.63) is 0 Å². The molecule has 2 aliphatic carbocycles. The van der Waals surface area contributed by atoms with Gasteiger partial charge in [-0.15, -0.1) is 0 Å². The Labute approximate surface area is 227 Å². The Balaban J connectivity index is 1.27. The lowest BCUT2D eigenvalue weighted by molar-refractivity contribution is -0.128. The normalized spacial score (nSPS) is 41.9. The van der Waals surface area contributed by atoms with Gasteiger partial charge in [0.25, 0.3) is 10.2 Å². The topological polar surface area (TPSA) is 56.3 Å². The molecular weight excluding hydrogens is 484 g/mol. The molecule has 37 heavy (non-hydrogen) atoms. The van der Waals surface area contributed by atoms with E-state index in [0.717, 1.165) is 62.8 Å². The van der Waals surface area contributed by atoms with Crippen LogP contribution in [0, 0.1) is 35.5 Å². The smallest absolute Gasteiger partial charge is 0.282 e. The number of hydrogen-bond acceptors (Lipinski definition) is 5. The Morgan fingerprint density at radius 3 is 2.16 bits per heavy atom. The lowest BCUT2D eigenvalue weighted by Crippen LogP contribution is -2.71. The van der Waals surface area contributed by atoms with Crippen LogP contribution < -0.4 is 0 Å². The van der Waals surface area contributed by atoms with E-state index >= 15 is 0 Å². The van der Waals surface area contributed by atoms with Crippen molar-refractivity contribution in [2.45, 2.75) is 83.7 Å². The molecule has 0 N–H and O–H groups in total. The number of piperazine rings is 1. The molecule has 3 heterocycles. The van der Waals surface area contributed by atoms with Gasteiger partial charge in [-0.2, -0.15) is 17.0 Å². The van der Waals surface area contributed by atoms with Gasteiger partial charge in [-0.1, -0.05) is 26.7 Å². The molecule has 0 bridgehead atoms. The third-order valence-electron chi connectivity index (χ3n) is 11.4. The molecule has 8 heteroatoms. The maximum atomic E-state index is 13.7. The summed E-state index contributed by atoms with van der Waals surface area (Å²) in [6.07, 6.45) is 11.7. The van der Waals surface area contributed by atoms with Crippen LogP contribution in [-0.4, -0.2) is 105 Å². The number of rotatable bonds is 6. The third-order valence-corrected chi connectivity index (χ3v) is 13.4. The van der Waals surface area contributed by atoms with Crippen molar-refractivity contribution < 1.29 is 13.2 Å². The fourth-order valence-electron chi connectivity index (χ4n) is 8.93. The zero-order valence-corrected chi connectivity index (χ0v) is 24.9. The van der Waals surface area contributed by atoms with Gasteiger partial charge in [0.2, 0.25) is 0 Å². The van der Waals surface area contributed by atoms with E-state index in [9.17, 15) is 8.42 Å². The first-order chi connectivity index (χ1) is 17.8. The van der Waals surface area contributed by atoms with Gasteiger partial charge in [0.05, 0.1) is 6.61 Å². The van der Waals surface area contributed by atoms with Crippen LogP contribution in [0.1, 0.15) is 71.6 Å². The monoisotopic (exact) mass is 538 g/mol. The van der Waals surface area contributed by atoms with Gasteiger partial charge in [-0.25, -0.2) is 0 Å². The van der Waals surface area contributed by atoms with E-state index in [0.29, 0.717) is 50.1 Å². The number of nitrogens with zero attached hydrogens (tertiary/aromatic N) is 4. The second-order valence-corrected chi connectivity index (χ2v) is 15.2. The minimum atomic E-state index is -3.41. The van der Waals surface area contributed by atoms with Gasteiger partial charge in [-0.3, -0.25) is 4.90 Å². The zero-order valence-electron chi connectivity index (χ0n) is 24.1. The second kappa shape index (κ2) is 12.1. The molecule has 0 radical (unpaired) electrons. The Bertz CT molecular complexity index is 840. The minimum Gasteiger partial charge on any atom is -0.383 e. The largest absolute Gasteiger partial charge is 0.383 e. The maximum Gasteiger partial charge on any atom is 0.282 e. The predicted molar refractivity (Wildman–Crippen MR) is 150 cm³/mol. The molecule has 0 amide bonds. The van der Waals surface area contributed by atoms with Crippen molar-refractivity contribution in [1.29, 1.82) is 0 Å². The van der Waals surface area contributed by atoms with Crippen molar-refractivity contribution in [2.75, 3.05) is 66.6 Å². The molecule has 0 aromatic carbocycles.